The first-order valence-corrected chi connectivity index (χ1v) is 32.2. The van der Waals surface area contributed by atoms with Gasteiger partial charge in [0.1, 0.15) is 13.2 Å². The molecule has 0 radical (unpaired) electrons. The molecule has 0 fully saturated rings. The van der Waals surface area contributed by atoms with E-state index < -0.39 is 20.0 Å². The Bertz CT molecular complexity index is 1190. The third-order valence-corrected chi connectivity index (χ3v) is 15.1. The van der Waals surface area contributed by atoms with Crippen LogP contribution in [0.3, 0.4) is 0 Å². The van der Waals surface area contributed by atoms with Gasteiger partial charge in [-0.3, -0.25) is 9.36 Å². The molecule has 0 saturated heterocycles. The molecule has 0 aliphatic heterocycles. The number of allylic oxidation sites excluding steroid dienone is 3. The molecular weight excluding hydrogens is 888 g/mol. The number of carbonyl (C=O) groups is 1. The van der Waals surface area contributed by atoms with Crippen LogP contribution in [-0.4, -0.2) is 68.5 Å². The van der Waals surface area contributed by atoms with Gasteiger partial charge in [0.05, 0.1) is 39.9 Å². The zero-order valence-electron chi connectivity index (χ0n) is 47.5. The number of unbranched alkanes of at least 4 members (excludes halogenated alkanes) is 42. The van der Waals surface area contributed by atoms with E-state index in [0.717, 1.165) is 38.5 Å². The highest BCUT2D eigenvalue weighted by molar-refractivity contribution is 7.45. The molecule has 8 nitrogen and oxygen atoms in total. The summed E-state index contributed by atoms with van der Waals surface area (Å²) in [7, 11) is 1.27. The van der Waals surface area contributed by atoms with Gasteiger partial charge in [0.2, 0.25) is 5.91 Å². The Morgan fingerprint density at radius 1 is 0.486 bits per heavy atom. The Balaban J connectivity index is 4.03. The fraction of sp³-hybridized carbons (Fsp3) is 0.918. The Hall–Kier alpha value is -1.02. The second-order valence-corrected chi connectivity index (χ2v) is 23.8. The second kappa shape index (κ2) is 52.8. The van der Waals surface area contributed by atoms with Crippen LogP contribution in [0.15, 0.2) is 24.3 Å². The summed E-state index contributed by atoms with van der Waals surface area (Å²) in [6, 6.07) is -0.884. The van der Waals surface area contributed by atoms with Crippen LogP contribution >= 0.6 is 7.82 Å². The number of hydrogen-bond acceptors (Lipinski definition) is 6. The molecule has 1 amide bonds. The van der Waals surface area contributed by atoms with Gasteiger partial charge in [-0.15, -0.1) is 0 Å². The first kappa shape index (κ1) is 69.0. The smallest absolute Gasteiger partial charge is 0.268 e. The summed E-state index contributed by atoms with van der Waals surface area (Å²) in [6.45, 7) is 4.69. The molecule has 0 rings (SSSR count). The van der Waals surface area contributed by atoms with Crippen LogP contribution in [0.5, 0.6) is 0 Å². The Morgan fingerprint density at radius 2 is 0.786 bits per heavy atom. The van der Waals surface area contributed by atoms with Crippen LogP contribution in [0, 0.1) is 0 Å². The van der Waals surface area contributed by atoms with Gasteiger partial charge in [0.15, 0.2) is 0 Å². The van der Waals surface area contributed by atoms with Crippen LogP contribution < -0.4 is 10.2 Å². The molecule has 3 unspecified atom stereocenters. The first-order valence-electron chi connectivity index (χ1n) is 30.7. The highest BCUT2D eigenvalue weighted by atomic mass is 31.2. The summed E-state index contributed by atoms with van der Waals surface area (Å²) in [5.41, 5.74) is 0. The van der Waals surface area contributed by atoms with Crippen molar-refractivity contribution in [3.05, 3.63) is 24.3 Å². The monoisotopic (exact) mass is 1010 g/mol. The van der Waals surface area contributed by atoms with Crippen molar-refractivity contribution in [3.8, 4) is 0 Å². The fourth-order valence-corrected chi connectivity index (χ4v) is 10.1. The molecule has 416 valence electrons. The van der Waals surface area contributed by atoms with E-state index in [-0.39, 0.29) is 19.1 Å². The minimum absolute atomic E-state index is 0.00132. The zero-order valence-corrected chi connectivity index (χ0v) is 48.4. The van der Waals surface area contributed by atoms with Gasteiger partial charge in [0.25, 0.3) is 7.82 Å². The molecule has 0 bridgehead atoms. The van der Waals surface area contributed by atoms with Gasteiger partial charge in [0, 0.05) is 6.42 Å². The van der Waals surface area contributed by atoms with Crippen molar-refractivity contribution in [1.82, 2.24) is 5.32 Å². The third-order valence-electron chi connectivity index (χ3n) is 14.2. The summed E-state index contributed by atoms with van der Waals surface area (Å²) in [5, 5.41) is 13.9. The highest BCUT2D eigenvalue weighted by Gasteiger charge is 2.23. The summed E-state index contributed by atoms with van der Waals surface area (Å²) < 4.78 is 23.4. The van der Waals surface area contributed by atoms with E-state index >= 15 is 0 Å². The van der Waals surface area contributed by atoms with Crippen LogP contribution in [0.4, 0.5) is 0 Å². The van der Waals surface area contributed by atoms with Crippen molar-refractivity contribution in [1.29, 1.82) is 0 Å². The summed E-state index contributed by atoms with van der Waals surface area (Å²) in [4.78, 5) is 25.5. The van der Waals surface area contributed by atoms with Gasteiger partial charge in [-0.25, -0.2) is 0 Å². The maximum Gasteiger partial charge on any atom is 0.268 e. The number of aliphatic hydroxyl groups is 1. The van der Waals surface area contributed by atoms with Crippen molar-refractivity contribution in [3.63, 3.8) is 0 Å². The Labute approximate surface area is 436 Å². The molecule has 0 aliphatic carbocycles. The summed E-state index contributed by atoms with van der Waals surface area (Å²) in [6.07, 6.45) is 67.0. The lowest BCUT2D eigenvalue weighted by Gasteiger charge is -2.29. The standard InChI is InChI=1S/C61H121N2O6P/c1-6-8-10-12-14-16-18-20-22-24-25-26-27-28-29-30-31-32-33-34-35-36-37-38-39-41-43-45-47-49-51-53-55-61(65)62-59(58-69-70(66,67)68-57-56-63(3,4)5)60(64)54-52-50-48-46-44-42-40-23-21-19-17-15-13-11-9-7-2/h28-29,52,54,59-60,64H,6-27,30-51,53,55-58H2,1-5H3,(H-,62,65,66,67)/b29-28-,54-52+. The van der Waals surface area contributed by atoms with Crippen LogP contribution in [0.1, 0.15) is 309 Å². The van der Waals surface area contributed by atoms with Crippen molar-refractivity contribution < 1.29 is 32.9 Å². The van der Waals surface area contributed by atoms with E-state index in [4.69, 9.17) is 9.05 Å². The number of phosphoric ester groups is 1. The molecule has 0 saturated carbocycles. The molecular formula is C61H121N2O6P. The minimum Gasteiger partial charge on any atom is -0.756 e. The van der Waals surface area contributed by atoms with Crippen molar-refractivity contribution >= 4 is 13.7 Å². The lowest BCUT2D eigenvalue weighted by atomic mass is 10.0. The predicted octanol–water partition coefficient (Wildman–Crippen LogP) is 18.1. The average Bonchev–Trinajstić information content (AvgIpc) is 3.32. The number of aliphatic hydroxyl groups excluding tert-OH is 1. The van der Waals surface area contributed by atoms with Crippen molar-refractivity contribution in [2.45, 2.75) is 321 Å². The summed E-state index contributed by atoms with van der Waals surface area (Å²) >= 11 is 0. The number of nitrogens with one attached hydrogen (secondary N) is 1. The molecule has 9 heteroatoms. The van der Waals surface area contributed by atoms with Crippen LogP contribution in [-0.2, 0) is 18.4 Å². The number of carbonyl (C=O) groups excluding carboxylic acids is 1. The molecule has 0 aromatic heterocycles. The largest absolute Gasteiger partial charge is 0.756 e. The Morgan fingerprint density at radius 3 is 1.11 bits per heavy atom. The zero-order chi connectivity index (χ0) is 51.3. The number of nitrogens with zero attached hydrogens (tertiary/aromatic N) is 1. The molecule has 0 spiro atoms. The molecule has 70 heavy (non-hydrogen) atoms. The lowest BCUT2D eigenvalue weighted by Crippen LogP contribution is -2.45. The van der Waals surface area contributed by atoms with Gasteiger partial charge in [-0.2, -0.15) is 0 Å². The first-order chi connectivity index (χ1) is 34.0. The van der Waals surface area contributed by atoms with Crippen molar-refractivity contribution in [2.24, 2.45) is 0 Å². The number of likely N-dealkylation sites (N-methyl/N-ethyl adjacent to an activating group) is 1. The molecule has 0 heterocycles. The summed E-state index contributed by atoms with van der Waals surface area (Å²) in [5.74, 6) is -0.192. The van der Waals surface area contributed by atoms with Gasteiger partial charge in [-0.05, 0) is 44.9 Å². The SMILES string of the molecule is CCCCCCCCCCCCCC/C=C\CCCCCCCCCCCCCCCCCCC(=O)NC(COP(=O)([O-])OCC[N+](C)(C)C)C(O)/C=C/CCCCCCCCCCCCCCCC. The molecule has 2 N–H and O–H groups in total. The maximum absolute atomic E-state index is 13.0. The van der Waals surface area contributed by atoms with E-state index in [0.29, 0.717) is 17.4 Å². The second-order valence-electron chi connectivity index (χ2n) is 22.4. The fourth-order valence-electron chi connectivity index (χ4n) is 9.33. The normalized spacial score (nSPS) is 14.0. The quantitative estimate of drug-likeness (QED) is 0.0272. The third kappa shape index (κ3) is 54.7. The van der Waals surface area contributed by atoms with E-state index in [1.54, 1.807) is 6.08 Å². The minimum atomic E-state index is -4.59. The molecule has 0 aliphatic rings. The Kier molecular flexibility index (Phi) is 52.1. The van der Waals surface area contributed by atoms with Gasteiger partial charge in [-0.1, -0.05) is 282 Å². The van der Waals surface area contributed by atoms with E-state index in [9.17, 15) is 19.4 Å². The molecule has 0 aromatic carbocycles. The topological polar surface area (TPSA) is 108 Å². The number of quaternary nitrogens is 1. The number of rotatable bonds is 57. The van der Waals surface area contributed by atoms with Gasteiger partial charge >= 0.3 is 0 Å². The molecule has 3 atom stereocenters. The van der Waals surface area contributed by atoms with E-state index in [1.807, 2.05) is 27.2 Å². The number of hydrogen-bond donors (Lipinski definition) is 2. The number of phosphoric acid groups is 1. The number of amides is 1. The van der Waals surface area contributed by atoms with E-state index in [1.165, 1.54) is 250 Å². The maximum atomic E-state index is 13.0. The van der Waals surface area contributed by atoms with Crippen LogP contribution in [0.25, 0.3) is 0 Å². The predicted molar refractivity (Wildman–Crippen MR) is 302 cm³/mol. The molecule has 0 aromatic rings. The van der Waals surface area contributed by atoms with Crippen molar-refractivity contribution in [2.75, 3.05) is 40.9 Å². The lowest BCUT2D eigenvalue weighted by molar-refractivity contribution is -0.870. The van der Waals surface area contributed by atoms with Gasteiger partial charge < -0.3 is 28.8 Å². The highest BCUT2D eigenvalue weighted by Crippen LogP contribution is 2.38. The average molecular weight is 1010 g/mol. The van der Waals surface area contributed by atoms with Crippen LogP contribution in [0.2, 0.25) is 0 Å². The van der Waals surface area contributed by atoms with E-state index in [2.05, 4.69) is 31.3 Å².